The van der Waals surface area contributed by atoms with Gasteiger partial charge in [0.05, 0.1) is 6.61 Å². The normalized spacial score (nSPS) is 10.5. The van der Waals surface area contributed by atoms with E-state index in [-0.39, 0.29) is 6.61 Å². The lowest BCUT2D eigenvalue weighted by Gasteiger charge is -2.06. The third-order valence-corrected chi connectivity index (χ3v) is 2.85. The van der Waals surface area contributed by atoms with Gasteiger partial charge in [-0.15, -0.1) is 0 Å². The number of thioether (sulfide) groups is 1. The van der Waals surface area contributed by atoms with Gasteiger partial charge < -0.3 is 5.11 Å². The van der Waals surface area contributed by atoms with Crippen molar-refractivity contribution in [1.82, 2.24) is 9.55 Å². The molecule has 0 bridgehead atoms. The van der Waals surface area contributed by atoms with Crippen molar-refractivity contribution in [1.29, 1.82) is 0 Å². The summed E-state index contributed by atoms with van der Waals surface area (Å²) in [4.78, 5) is 4.23. The van der Waals surface area contributed by atoms with Gasteiger partial charge in [0.1, 0.15) is 0 Å². The number of nitrogens with zero attached hydrogens (tertiary/aromatic N) is 2. The third-order valence-electron chi connectivity index (χ3n) is 2.19. The lowest BCUT2D eigenvalue weighted by atomic mass is 10.2. The number of benzene rings is 1. The minimum Gasteiger partial charge on any atom is -0.392 e. The zero-order chi connectivity index (χ0) is 10.7. The average Bonchev–Trinajstić information content (AvgIpc) is 2.77. The molecular formula is C11H12N2OS. The highest BCUT2D eigenvalue weighted by atomic mass is 32.2. The summed E-state index contributed by atoms with van der Waals surface area (Å²) in [6.45, 7) is 0.0829. The van der Waals surface area contributed by atoms with E-state index in [0.29, 0.717) is 0 Å². The molecule has 1 N–H and O–H groups in total. The second kappa shape index (κ2) is 4.51. The van der Waals surface area contributed by atoms with E-state index in [2.05, 4.69) is 4.98 Å². The zero-order valence-electron chi connectivity index (χ0n) is 8.42. The summed E-state index contributed by atoms with van der Waals surface area (Å²) in [5.41, 5.74) is 1.98. The van der Waals surface area contributed by atoms with Crippen molar-refractivity contribution in [3.05, 3.63) is 42.2 Å². The van der Waals surface area contributed by atoms with E-state index in [1.54, 1.807) is 18.0 Å². The quantitative estimate of drug-likeness (QED) is 0.805. The molecule has 0 fully saturated rings. The van der Waals surface area contributed by atoms with Crippen molar-refractivity contribution in [3.8, 4) is 5.69 Å². The first-order valence-electron chi connectivity index (χ1n) is 4.62. The summed E-state index contributed by atoms with van der Waals surface area (Å²) in [6, 6.07) is 7.79. The SMILES string of the molecule is CSc1nccn1-c1ccc(CO)cc1. The van der Waals surface area contributed by atoms with Gasteiger partial charge in [0.25, 0.3) is 0 Å². The lowest BCUT2D eigenvalue weighted by molar-refractivity contribution is 0.282. The molecular weight excluding hydrogens is 208 g/mol. The van der Waals surface area contributed by atoms with E-state index in [4.69, 9.17) is 5.11 Å². The highest BCUT2D eigenvalue weighted by Gasteiger charge is 2.02. The summed E-state index contributed by atoms with van der Waals surface area (Å²) in [5, 5.41) is 9.90. The monoisotopic (exact) mass is 220 g/mol. The molecule has 1 heterocycles. The van der Waals surface area contributed by atoms with Gasteiger partial charge in [0.15, 0.2) is 5.16 Å². The first-order valence-corrected chi connectivity index (χ1v) is 5.85. The minimum atomic E-state index is 0.0829. The first-order chi connectivity index (χ1) is 7.35. The Balaban J connectivity index is 2.37. The van der Waals surface area contributed by atoms with E-state index in [0.717, 1.165) is 16.4 Å². The Morgan fingerprint density at radius 3 is 2.67 bits per heavy atom. The molecule has 2 aromatic rings. The zero-order valence-corrected chi connectivity index (χ0v) is 9.24. The highest BCUT2D eigenvalue weighted by Crippen LogP contribution is 2.18. The number of hydrogen-bond donors (Lipinski definition) is 1. The fourth-order valence-corrected chi connectivity index (χ4v) is 1.93. The number of aliphatic hydroxyl groups excluding tert-OH is 1. The number of aliphatic hydroxyl groups is 1. The van der Waals surface area contributed by atoms with Crippen LogP contribution in [0.15, 0.2) is 41.8 Å². The van der Waals surface area contributed by atoms with Crippen molar-refractivity contribution < 1.29 is 5.11 Å². The summed E-state index contributed by atoms with van der Waals surface area (Å²) in [7, 11) is 0. The smallest absolute Gasteiger partial charge is 0.172 e. The standard InChI is InChI=1S/C11H12N2OS/c1-15-11-12-6-7-13(11)10-4-2-9(8-14)3-5-10/h2-7,14H,8H2,1H3. The van der Waals surface area contributed by atoms with Crippen molar-refractivity contribution in [2.75, 3.05) is 6.26 Å². The number of imidazole rings is 1. The number of rotatable bonds is 3. The highest BCUT2D eigenvalue weighted by molar-refractivity contribution is 7.98. The fourth-order valence-electron chi connectivity index (χ4n) is 1.40. The van der Waals surface area contributed by atoms with Crippen LogP contribution in [0.1, 0.15) is 5.56 Å². The fraction of sp³-hybridized carbons (Fsp3) is 0.182. The van der Waals surface area contributed by atoms with Crippen molar-refractivity contribution >= 4 is 11.8 Å². The molecule has 2 rings (SSSR count). The van der Waals surface area contributed by atoms with Gasteiger partial charge in [-0.1, -0.05) is 23.9 Å². The molecule has 0 aliphatic carbocycles. The van der Waals surface area contributed by atoms with Crippen molar-refractivity contribution in [2.24, 2.45) is 0 Å². The summed E-state index contributed by atoms with van der Waals surface area (Å²) >= 11 is 1.61. The van der Waals surface area contributed by atoms with E-state index < -0.39 is 0 Å². The van der Waals surface area contributed by atoms with Crippen LogP contribution in [0.3, 0.4) is 0 Å². The minimum absolute atomic E-state index is 0.0829. The molecule has 0 aliphatic heterocycles. The van der Waals surface area contributed by atoms with Crippen LogP contribution < -0.4 is 0 Å². The predicted octanol–water partition coefficient (Wildman–Crippen LogP) is 2.09. The van der Waals surface area contributed by atoms with E-state index in [9.17, 15) is 0 Å². The van der Waals surface area contributed by atoms with Crippen LogP contribution in [-0.2, 0) is 6.61 Å². The van der Waals surface area contributed by atoms with Crippen LogP contribution in [0.25, 0.3) is 5.69 Å². The van der Waals surface area contributed by atoms with Gasteiger partial charge in [-0.2, -0.15) is 0 Å². The second-order valence-electron chi connectivity index (χ2n) is 3.11. The van der Waals surface area contributed by atoms with Gasteiger partial charge in [0.2, 0.25) is 0 Å². The van der Waals surface area contributed by atoms with Crippen LogP contribution in [0.5, 0.6) is 0 Å². The Labute approximate surface area is 92.8 Å². The molecule has 0 unspecified atom stereocenters. The number of aromatic nitrogens is 2. The van der Waals surface area contributed by atoms with E-state index >= 15 is 0 Å². The molecule has 0 atom stereocenters. The van der Waals surface area contributed by atoms with Crippen LogP contribution in [0, 0.1) is 0 Å². The molecule has 1 aromatic carbocycles. The molecule has 15 heavy (non-hydrogen) atoms. The van der Waals surface area contributed by atoms with Gasteiger partial charge >= 0.3 is 0 Å². The molecule has 0 spiro atoms. The largest absolute Gasteiger partial charge is 0.392 e. The Morgan fingerprint density at radius 1 is 1.33 bits per heavy atom. The predicted molar refractivity (Wildman–Crippen MR) is 61.3 cm³/mol. The Morgan fingerprint density at radius 2 is 2.07 bits per heavy atom. The summed E-state index contributed by atoms with van der Waals surface area (Å²) < 4.78 is 2.02. The molecule has 4 heteroatoms. The van der Waals surface area contributed by atoms with Crippen molar-refractivity contribution in [2.45, 2.75) is 11.8 Å². The molecule has 1 aromatic heterocycles. The van der Waals surface area contributed by atoms with E-state index in [1.165, 1.54) is 0 Å². The second-order valence-corrected chi connectivity index (χ2v) is 3.88. The number of hydrogen-bond acceptors (Lipinski definition) is 3. The van der Waals surface area contributed by atoms with Crippen LogP contribution in [0.4, 0.5) is 0 Å². The molecule has 0 aliphatic rings. The first kappa shape index (κ1) is 10.3. The molecule has 0 saturated carbocycles. The average molecular weight is 220 g/mol. The van der Waals surface area contributed by atoms with Gasteiger partial charge in [-0.05, 0) is 24.0 Å². The van der Waals surface area contributed by atoms with Crippen molar-refractivity contribution in [3.63, 3.8) is 0 Å². The van der Waals surface area contributed by atoms with Crippen LogP contribution >= 0.6 is 11.8 Å². The lowest BCUT2D eigenvalue weighted by Crippen LogP contribution is -1.94. The third kappa shape index (κ3) is 2.06. The molecule has 0 radical (unpaired) electrons. The topological polar surface area (TPSA) is 38.0 Å². The summed E-state index contributed by atoms with van der Waals surface area (Å²) in [6.07, 6.45) is 5.71. The Hall–Kier alpha value is -1.26. The van der Waals surface area contributed by atoms with Crippen LogP contribution in [-0.4, -0.2) is 20.9 Å². The maximum absolute atomic E-state index is 8.94. The molecule has 3 nitrogen and oxygen atoms in total. The molecule has 0 amide bonds. The molecule has 78 valence electrons. The Bertz CT molecular complexity index is 436. The van der Waals surface area contributed by atoms with Crippen LogP contribution in [0.2, 0.25) is 0 Å². The Kier molecular flexibility index (Phi) is 3.08. The van der Waals surface area contributed by atoms with Gasteiger partial charge in [0, 0.05) is 18.1 Å². The van der Waals surface area contributed by atoms with Gasteiger partial charge in [-0.3, -0.25) is 4.57 Å². The van der Waals surface area contributed by atoms with Gasteiger partial charge in [-0.25, -0.2) is 4.98 Å². The molecule has 0 saturated heterocycles. The summed E-state index contributed by atoms with van der Waals surface area (Å²) in [5.74, 6) is 0. The maximum atomic E-state index is 8.94. The maximum Gasteiger partial charge on any atom is 0.172 e. The van der Waals surface area contributed by atoms with E-state index in [1.807, 2.05) is 41.3 Å².